The predicted molar refractivity (Wildman–Crippen MR) is 73.1 cm³/mol. The summed E-state index contributed by atoms with van der Waals surface area (Å²) in [5.41, 5.74) is 1.01. The van der Waals surface area contributed by atoms with Gasteiger partial charge in [-0.1, -0.05) is 12.1 Å². The molecule has 106 valence electrons. The summed E-state index contributed by atoms with van der Waals surface area (Å²) in [5, 5.41) is 2.69. The average Bonchev–Trinajstić information content (AvgIpc) is 3.28. The van der Waals surface area contributed by atoms with Gasteiger partial charge in [-0.3, -0.25) is 9.59 Å². The number of piperazine rings is 1. The van der Waals surface area contributed by atoms with Gasteiger partial charge in [0.25, 0.3) is 0 Å². The molecule has 1 heterocycles. The van der Waals surface area contributed by atoms with Crippen molar-refractivity contribution in [3.05, 3.63) is 29.8 Å². The topological polar surface area (TPSA) is 58.6 Å². The fourth-order valence-corrected chi connectivity index (χ4v) is 2.66. The molecule has 1 aliphatic carbocycles. The highest BCUT2D eigenvalue weighted by atomic mass is 16.5. The van der Waals surface area contributed by atoms with Gasteiger partial charge in [0.05, 0.1) is 13.7 Å². The first-order valence-corrected chi connectivity index (χ1v) is 6.89. The van der Waals surface area contributed by atoms with Crippen LogP contribution in [0.4, 0.5) is 0 Å². The van der Waals surface area contributed by atoms with Gasteiger partial charge < -0.3 is 15.0 Å². The number of hydrogen-bond donors (Lipinski definition) is 1. The van der Waals surface area contributed by atoms with Gasteiger partial charge in [-0.25, -0.2) is 0 Å². The van der Waals surface area contributed by atoms with E-state index in [1.165, 1.54) is 0 Å². The molecule has 1 N–H and O–H groups in total. The van der Waals surface area contributed by atoms with E-state index >= 15 is 0 Å². The van der Waals surface area contributed by atoms with Crippen molar-refractivity contribution in [2.45, 2.75) is 25.4 Å². The van der Waals surface area contributed by atoms with E-state index in [0.717, 1.165) is 24.2 Å². The molecule has 0 bridgehead atoms. The molecule has 1 saturated heterocycles. The monoisotopic (exact) mass is 274 g/mol. The predicted octanol–water partition coefficient (Wildman–Crippen LogP) is 0.932. The van der Waals surface area contributed by atoms with Crippen LogP contribution in [0.25, 0.3) is 0 Å². The first-order chi connectivity index (χ1) is 9.69. The maximum absolute atomic E-state index is 12.1. The van der Waals surface area contributed by atoms with Gasteiger partial charge in [-0.15, -0.1) is 0 Å². The molecular formula is C15H18N2O3. The molecule has 1 aliphatic heterocycles. The Morgan fingerprint density at radius 1 is 1.25 bits per heavy atom. The Bertz CT molecular complexity index is 522. The lowest BCUT2D eigenvalue weighted by molar-refractivity contribution is -0.147. The van der Waals surface area contributed by atoms with Crippen LogP contribution in [0.5, 0.6) is 5.75 Å². The summed E-state index contributed by atoms with van der Waals surface area (Å²) >= 11 is 0. The molecule has 5 heteroatoms. The van der Waals surface area contributed by atoms with Crippen LogP contribution in [-0.4, -0.2) is 36.4 Å². The Kier molecular flexibility index (Phi) is 3.34. The average molecular weight is 274 g/mol. The lowest BCUT2D eigenvalue weighted by Gasteiger charge is -2.35. The third kappa shape index (κ3) is 2.48. The number of rotatable bonds is 4. The standard InChI is InChI=1S/C15H18N2O3/c1-20-12-6-2-10(3-7-12)9-17-13(18)8-16-15(19)14(17)11-4-5-11/h2-3,6-7,11,14H,4-5,8-9H2,1H3,(H,16,19). The zero-order valence-corrected chi connectivity index (χ0v) is 11.5. The Morgan fingerprint density at radius 2 is 1.95 bits per heavy atom. The molecule has 0 spiro atoms. The maximum atomic E-state index is 12.1. The van der Waals surface area contributed by atoms with Crippen molar-refractivity contribution in [3.8, 4) is 5.75 Å². The van der Waals surface area contributed by atoms with Gasteiger partial charge in [0, 0.05) is 6.54 Å². The van der Waals surface area contributed by atoms with Crippen LogP contribution in [-0.2, 0) is 16.1 Å². The molecule has 2 aliphatic rings. The van der Waals surface area contributed by atoms with Gasteiger partial charge in [0.1, 0.15) is 11.8 Å². The molecule has 1 aromatic carbocycles. The smallest absolute Gasteiger partial charge is 0.243 e. The van der Waals surface area contributed by atoms with Crippen LogP contribution in [0, 0.1) is 5.92 Å². The number of methoxy groups -OCH3 is 1. The van der Waals surface area contributed by atoms with Gasteiger partial charge in [0.2, 0.25) is 11.8 Å². The van der Waals surface area contributed by atoms with Crippen molar-refractivity contribution in [1.82, 2.24) is 10.2 Å². The summed E-state index contributed by atoms with van der Waals surface area (Å²) in [4.78, 5) is 25.8. The van der Waals surface area contributed by atoms with E-state index in [-0.39, 0.29) is 24.4 Å². The van der Waals surface area contributed by atoms with E-state index in [1.807, 2.05) is 24.3 Å². The first-order valence-electron chi connectivity index (χ1n) is 6.89. The number of benzene rings is 1. The van der Waals surface area contributed by atoms with Crippen molar-refractivity contribution in [2.75, 3.05) is 13.7 Å². The second kappa shape index (κ2) is 5.15. The number of carbonyl (C=O) groups is 2. The Balaban J connectivity index is 1.78. The lowest BCUT2D eigenvalue weighted by atomic mass is 10.1. The highest BCUT2D eigenvalue weighted by Crippen LogP contribution is 2.37. The fraction of sp³-hybridized carbons (Fsp3) is 0.467. The van der Waals surface area contributed by atoms with Crippen molar-refractivity contribution < 1.29 is 14.3 Å². The van der Waals surface area contributed by atoms with Gasteiger partial charge >= 0.3 is 0 Å². The summed E-state index contributed by atoms with van der Waals surface area (Å²) in [6.07, 6.45) is 2.06. The summed E-state index contributed by atoms with van der Waals surface area (Å²) < 4.78 is 5.12. The van der Waals surface area contributed by atoms with Crippen molar-refractivity contribution in [2.24, 2.45) is 5.92 Å². The number of ether oxygens (including phenoxy) is 1. The van der Waals surface area contributed by atoms with Crippen molar-refractivity contribution in [3.63, 3.8) is 0 Å². The van der Waals surface area contributed by atoms with E-state index in [0.29, 0.717) is 12.5 Å². The summed E-state index contributed by atoms with van der Waals surface area (Å²) in [6.45, 7) is 0.593. The van der Waals surface area contributed by atoms with E-state index in [1.54, 1.807) is 12.0 Å². The second-order valence-electron chi connectivity index (χ2n) is 5.37. The third-order valence-electron chi connectivity index (χ3n) is 3.92. The van der Waals surface area contributed by atoms with Gasteiger partial charge in [-0.2, -0.15) is 0 Å². The van der Waals surface area contributed by atoms with Gasteiger partial charge in [0.15, 0.2) is 0 Å². The SMILES string of the molecule is COc1ccc(CN2C(=O)CNC(=O)C2C2CC2)cc1. The second-order valence-corrected chi connectivity index (χ2v) is 5.37. The first kappa shape index (κ1) is 13.0. The largest absolute Gasteiger partial charge is 0.497 e. The zero-order valence-electron chi connectivity index (χ0n) is 11.5. The molecule has 3 rings (SSSR count). The van der Waals surface area contributed by atoms with E-state index in [4.69, 9.17) is 4.74 Å². The molecule has 0 radical (unpaired) electrons. The number of hydrogen-bond acceptors (Lipinski definition) is 3. The van der Waals surface area contributed by atoms with Crippen LogP contribution in [0.2, 0.25) is 0 Å². The van der Waals surface area contributed by atoms with Crippen LogP contribution in [0.3, 0.4) is 0 Å². The quantitative estimate of drug-likeness (QED) is 0.888. The number of carbonyl (C=O) groups excluding carboxylic acids is 2. The van der Waals surface area contributed by atoms with Crippen LogP contribution in [0.15, 0.2) is 24.3 Å². The molecule has 1 atom stereocenters. The number of nitrogens with zero attached hydrogens (tertiary/aromatic N) is 1. The molecular weight excluding hydrogens is 256 g/mol. The minimum absolute atomic E-state index is 0.00248. The Hall–Kier alpha value is -2.04. The summed E-state index contributed by atoms with van der Waals surface area (Å²) in [5.74, 6) is 1.10. The summed E-state index contributed by atoms with van der Waals surface area (Å²) in [6, 6.07) is 7.32. The highest BCUT2D eigenvalue weighted by molar-refractivity contribution is 5.95. The Labute approximate surface area is 117 Å². The van der Waals surface area contributed by atoms with E-state index < -0.39 is 0 Å². The molecule has 1 unspecified atom stereocenters. The molecule has 0 aromatic heterocycles. The maximum Gasteiger partial charge on any atom is 0.243 e. The van der Waals surface area contributed by atoms with E-state index in [2.05, 4.69) is 5.32 Å². The third-order valence-corrected chi connectivity index (χ3v) is 3.92. The molecule has 2 fully saturated rings. The number of amides is 2. The van der Waals surface area contributed by atoms with E-state index in [9.17, 15) is 9.59 Å². The molecule has 20 heavy (non-hydrogen) atoms. The molecule has 1 saturated carbocycles. The number of nitrogens with one attached hydrogen (secondary N) is 1. The Morgan fingerprint density at radius 3 is 2.55 bits per heavy atom. The van der Waals surface area contributed by atoms with Crippen molar-refractivity contribution >= 4 is 11.8 Å². The molecule has 2 amide bonds. The van der Waals surface area contributed by atoms with Crippen molar-refractivity contribution in [1.29, 1.82) is 0 Å². The summed E-state index contributed by atoms with van der Waals surface area (Å²) in [7, 11) is 1.62. The van der Waals surface area contributed by atoms with Crippen LogP contribution >= 0.6 is 0 Å². The minimum atomic E-state index is -0.293. The zero-order chi connectivity index (χ0) is 14.1. The highest BCUT2D eigenvalue weighted by Gasteiger charge is 2.44. The minimum Gasteiger partial charge on any atom is -0.497 e. The fourth-order valence-electron chi connectivity index (χ4n) is 2.66. The molecule has 1 aromatic rings. The molecule has 5 nitrogen and oxygen atoms in total. The van der Waals surface area contributed by atoms with Crippen LogP contribution < -0.4 is 10.1 Å². The van der Waals surface area contributed by atoms with Crippen LogP contribution in [0.1, 0.15) is 18.4 Å². The van der Waals surface area contributed by atoms with Gasteiger partial charge in [-0.05, 0) is 36.5 Å². The lowest BCUT2D eigenvalue weighted by Crippen LogP contribution is -2.58. The normalized spacial score (nSPS) is 22.6.